The Bertz CT molecular complexity index is 748. The molecule has 0 saturated heterocycles. The third kappa shape index (κ3) is 2.46. The molecular weight excluding hydrogens is 294 g/mol. The third-order valence-corrected chi connectivity index (χ3v) is 4.63. The van der Waals surface area contributed by atoms with Crippen molar-refractivity contribution in [3.8, 4) is 0 Å². The molecule has 3 aromatic rings. The van der Waals surface area contributed by atoms with E-state index in [-0.39, 0.29) is 0 Å². The molecule has 3 aromatic heterocycles. The molecule has 0 spiro atoms. The first kappa shape index (κ1) is 13.3. The number of fused-ring (bicyclic) bond motifs is 1. The van der Waals surface area contributed by atoms with Crippen molar-refractivity contribution in [3.63, 3.8) is 0 Å². The maximum Gasteiger partial charge on any atom is 0.170 e. The quantitative estimate of drug-likeness (QED) is 0.737. The number of rotatable bonds is 4. The van der Waals surface area contributed by atoms with E-state index in [2.05, 4.69) is 29.7 Å². The second-order valence-electron chi connectivity index (χ2n) is 4.14. The zero-order valence-corrected chi connectivity index (χ0v) is 12.9. The highest BCUT2D eigenvalue weighted by Crippen LogP contribution is 2.25. The van der Waals surface area contributed by atoms with Gasteiger partial charge in [0.1, 0.15) is 17.5 Å². The van der Waals surface area contributed by atoms with Gasteiger partial charge in [-0.15, -0.1) is 0 Å². The predicted molar refractivity (Wildman–Crippen MR) is 80.1 cm³/mol. The highest BCUT2D eigenvalue weighted by atomic mass is 32.2. The number of thioether (sulfide) groups is 1. The molecule has 104 valence electrons. The zero-order chi connectivity index (χ0) is 14.1. The van der Waals surface area contributed by atoms with Crippen LogP contribution in [0.3, 0.4) is 0 Å². The minimum Gasteiger partial charge on any atom is -0.372 e. The van der Waals surface area contributed by atoms with Crippen LogP contribution in [0, 0.1) is 6.92 Å². The fourth-order valence-corrected chi connectivity index (χ4v) is 3.29. The van der Waals surface area contributed by atoms with Crippen molar-refractivity contribution in [2.24, 2.45) is 7.05 Å². The van der Waals surface area contributed by atoms with E-state index in [1.807, 2.05) is 21.0 Å². The van der Waals surface area contributed by atoms with Gasteiger partial charge in [0.2, 0.25) is 0 Å². The number of anilines is 1. The van der Waals surface area contributed by atoms with Crippen LogP contribution in [0.5, 0.6) is 0 Å². The Hall–Kier alpha value is -1.74. The van der Waals surface area contributed by atoms with Gasteiger partial charge in [0.05, 0.1) is 17.3 Å². The number of hydrogen-bond donors (Lipinski definition) is 1. The summed E-state index contributed by atoms with van der Waals surface area (Å²) in [5.41, 5.74) is 0.827. The van der Waals surface area contributed by atoms with Gasteiger partial charge in [-0.25, -0.2) is 15.0 Å². The fraction of sp³-hybridized carbons (Fsp3) is 0.364. The molecule has 0 aliphatic carbocycles. The first-order valence-electron chi connectivity index (χ1n) is 5.97. The SMILES string of the molecule is CNc1nc(CSc2nc(C)ns2)nc2c1cnn2C. The van der Waals surface area contributed by atoms with Crippen molar-refractivity contribution in [2.45, 2.75) is 17.0 Å². The molecule has 0 radical (unpaired) electrons. The molecule has 0 atom stereocenters. The molecule has 0 aliphatic heterocycles. The molecule has 0 aliphatic rings. The number of nitrogens with one attached hydrogen (secondary N) is 1. The summed E-state index contributed by atoms with van der Waals surface area (Å²) in [6.45, 7) is 1.89. The Kier molecular flexibility index (Phi) is 3.53. The van der Waals surface area contributed by atoms with Crippen molar-refractivity contribution in [1.29, 1.82) is 0 Å². The van der Waals surface area contributed by atoms with Crippen LogP contribution in [0.25, 0.3) is 11.0 Å². The third-order valence-electron chi connectivity index (χ3n) is 2.71. The van der Waals surface area contributed by atoms with Gasteiger partial charge in [-0.3, -0.25) is 4.68 Å². The van der Waals surface area contributed by atoms with Crippen LogP contribution in [0.4, 0.5) is 5.82 Å². The molecule has 0 bridgehead atoms. The monoisotopic (exact) mass is 307 g/mol. The summed E-state index contributed by atoms with van der Waals surface area (Å²) in [6, 6.07) is 0. The van der Waals surface area contributed by atoms with Crippen molar-refractivity contribution in [3.05, 3.63) is 17.8 Å². The van der Waals surface area contributed by atoms with Gasteiger partial charge in [-0.05, 0) is 18.5 Å². The summed E-state index contributed by atoms with van der Waals surface area (Å²) >= 11 is 2.99. The largest absolute Gasteiger partial charge is 0.372 e. The average molecular weight is 307 g/mol. The molecule has 9 heteroatoms. The first-order valence-corrected chi connectivity index (χ1v) is 7.72. The number of hydrogen-bond acceptors (Lipinski definition) is 8. The van der Waals surface area contributed by atoms with Crippen LogP contribution in [0.2, 0.25) is 0 Å². The summed E-state index contributed by atoms with van der Waals surface area (Å²) in [5.74, 6) is 3.01. The molecule has 0 amide bonds. The smallest absolute Gasteiger partial charge is 0.170 e. The molecule has 20 heavy (non-hydrogen) atoms. The molecule has 0 aromatic carbocycles. The maximum absolute atomic E-state index is 4.55. The zero-order valence-electron chi connectivity index (χ0n) is 11.3. The van der Waals surface area contributed by atoms with E-state index in [1.54, 1.807) is 22.6 Å². The lowest BCUT2D eigenvalue weighted by molar-refractivity contribution is 0.782. The van der Waals surface area contributed by atoms with E-state index in [9.17, 15) is 0 Å². The Balaban J connectivity index is 1.89. The van der Waals surface area contributed by atoms with E-state index in [0.717, 1.165) is 32.8 Å². The molecule has 3 heterocycles. The number of aryl methyl sites for hydroxylation is 2. The molecular formula is C11H13N7S2. The molecule has 0 fully saturated rings. The van der Waals surface area contributed by atoms with Crippen molar-refractivity contribution >= 4 is 40.1 Å². The van der Waals surface area contributed by atoms with Crippen molar-refractivity contribution in [1.82, 2.24) is 29.1 Å². The van der Waals surface area contributed by atoms with E-state index >= 15 is 0 Å². The van der Waals surface area contributed by atoms with Crippen LogP contribution in [0.1, 0.15) is 11.6 Å². The number of nitrogens with zero attached hydrogens (tertiary/aromatic N) is 6. The van der Waals surface area contributed by atoms with E-state index in [1.165, 1.54) is 11.5 Å². The lowest BCUT2D eigenvalue weighted by atomic mass is 10.4. The second-order valence-corrected chi connectivity index (χ2v) is 6.11. The Labute approximate surface area is 124 Å². The highest BCUT2D eigenvalue weighted by Gasteiger charge is 2.11. The molecule has 3 rings (SSSR count). The summed E-state index contributed by atoms with van der Waals surface area (Å²) in [4.78, 5) is 13.4. The van der Waals surface area contributed by atoms with Crippen LogP contribution < -0.4 is 5.32 Å². The fourth-order valence-electron chi connectivity index (χ4n) is 1.79. The van der Waals surface area contributed by atoms with Gasteiger partial charge in [-0.1, -0.05) is 11.8 Å². The standard InChI is InChI=1S/C11H13N7S2/c1-6-14-11(20-17-6)19-5-8-15-9(12-2)7-4-13-18(3)10(7)16-8/h4H,5H2,1-3H3,(H,12,15,16). The molecule has 0 unspecified atom stereocenters. The summed E-state index contributed by atoms with van der Waals surface area (Å²) < 4.78 is 6.84. The Morgan fingerprint density at radius 2 is 2.20 bits per heavy atom. The van der Waals surface area contributed by atoms with E-state index in [4.69, 9.17) is 0 Å². The van der Waals surface area contributed by atoms with Crippen LogP contribution in [-0.4, -0.2) is 36.2 Å². The Morgan fingerprint density at radius 1 is 1.35 bits per heavy atom. The highest BCUT2D eigenvalue weighted by molar-refractivity contribution is 8.00. The van der Waals surface area contributed by atoms with Gasteiger partial charge in [-0.2, -0.15) is 9.47 Å². The summed E-state index contributed by atoms with van der Waals surface area (Å²) in [6.07, 6.45) is 1.77. The van der Waals surface area contributed by atoms with Gasteiger partial charge in [0.15, 0.2) is 9.99 Å². The van der Waals surface area contributed by atoms with Crippen molar-refractivity contribution in [2.75, 3.05) is 12.4 Å². The minimum atomic E-state index is 0.657. The normalized spacial score (nSPS) is 11.2. The summed E-state index contributed by atoms with van der Waals surface area (Å²) in [7, 11) is 3.72. The van der Waals surface area contributed by atoms with Gasteiger partial charge in [0, 0.05) is 14.1 Å². The van der Waals surface area contributed by atoms with Crippen molar-refractivity contribution < 1.29 is 0 Å². The lowest BCUT2D eigenvalue weighted by Crippen LogP contribution is -2.02. The molecule has 0 saturated carbocycles. The molecule has 1 N–H and O–H groups in total. The summed E-state index contributed by atoms with van der Waals surface area (Å²) in [5, 5.41) is 8.23. The topological polar surface area (TPSA) is 81.4 Å². The van der Waals surface area contributed by atoms with Gasteiger partial charge >= 0.3 is 0 Å². The first-order chi connectivity index (χ1) is 9.67. The number of aromatic nitrogens is 6. The van der Waals surface area contributed by atoms with E-state index in [0.29, 0.717) is 5.75 Å². The van der Waals surface area contributed by atoms with E-state index < -0.39 is 0 Å². The minimum absolute atomic E-state index is 0.657. The second kappa shape index (κ2) is 5.33. The molecule has 7 nitrogen and oxygen atoms in total. The lowest BCUT2D eigenvalue weighted by Gasteiger charge is -2.04. The van der Waals surface area contributed by atoms with Gasteiger partial charge < -0.3 is 5.32 Å². The van der Waals surface area contributed by atoms with Gasteiger partial charge in [0.25, 0.3) is 0 Å². The van der Waals surface area contributed by atoms with Crippen LogP contribution in [-0.2, 0) is 12.8 Å². The maximum atomic E-state index is 4.55. The van der Waals surface area contributed by atoms with Crippen LogP contribution in [0.15, 0.2) is 10.5 Å². The predicted octanol–water partition coefficient (Wildman–Crippen LogP) is 1.86. The van der Waals surface area contributed by atoms with Crippen LogP contribution >= 0.6 is 23.3 Å². The average Bonchev–Trinajstić information content (AvgIpc) is 3.03. The Morgan fingerprint density at radius 3 is 2.90 bits per heavy atom.